The minimum Gasteiger partial charge on any atom is -0.495 e. The molecule has 62 valence electrons. The smallest absolute Gasteiger partial charge is 0.144 e. The van der Waals surface area contributed by atoms with Crippen LogP contribution in [0.25, 0.3) is 0 Å². The van der Waals surface area contributed by atoms with Crippen LogP contribution in [-0.2, 0) is 4.74 Å². The number of halogens is 2. The fourth-order valence-electron chi connectivity index (χ4n) is 0.926. The molecular weight excluding hydrogens is 368 g/mol. The Kier molecular flexibility index (Phi) is 3.48. The van der Waals surface area contributed by atoms with E-state index in [0.29, 0.717) is 0 Å². The van der Waals surface area contributed by atoms with E-state index in [9.17, 15) is 0 Å². The van der Waals surface area contributed by atoms with Gasteiger partial charge in [-0.15, -0.1) is 0 Å². The first-order valence-electron chi connectivity index (χ1n) is 3.15. The molecule has 1 heterocycles. The summed E-state index contributed by atoms with van der Waals surface area (Å²) in [5.41, 5.74) is 0. The van der Waals surface area contributed by atoms with Crippen molar-refractivity contribution < 1.29 is 4.74 Å². The maximum atomic E-state index is 5.23. The summed E-state index contributed by atoms with van der Waals surface area (Å²) in [4.78, 5) is 2.14. The third kappa shape index (κ3) is 2.24. The topological polar surface area (TPSA) is 12.5 Å². The molecule has 1 aliphatic heterocycles. The summed E-state index contributed by atoms with van der Waals surface area (Å²) in [5.74, 6) is 1.02. The molecule has 2 nitrogen and oxygen atoms in total. The van der Waals surface area contributed by atoms with Crippen LogP contribution in [0.5, 0.6) is 0 Å². The van der Waals surface area contributed by atoms with E-state index < -0.39 is 0 Å². The lowest BCUT2D eigenvalue weighted by Crippen LogP contribution is -2.18. The molecule has 11 heavy (non-hydrogen) atoms. The van der Waals surface area contributed by atoms with E-state index >= 15 is 0 Å². The predicted molar refractivity (Wildman–Crippen MR) is 62.8 cm³/mol. The van der Waals surface area contributed by atoms with Gasteiger partial charge in [-0.05, 0) is 45.2 Å². The summed E-state index contributed by atoms with van der Waals surface area (Å²) in [6.45, 7) is 0.955. The van der Waals surface area contributed by atoms with Crippen LogP contribution in [0, 0.1) is 0 Å². The Morgan fingerprint density at radius 2 is 2.18 bits per heavy atom. The van der Waals surface area contributed by atoms with Gasteiger partial charge in [-0.3, -0.25) is 0 Å². The predicted octanol–water partition coefficient (Wildman–Crippen LogP) is 2.50. The highest BCUT2D eigenvalue weighted by Gasteiger charge is 2.14. The fraction of sp³-hybridized carbons (Fsp3) is 0.429. The molecule has 0 aromatic rings. The Morgan fingerprint density at radius 1 is 1.55 bits per heavy atom. The van der Waals surface area contributed by atoms with Crippen molar-refractivity contribution >= 4 is 45.2 Å². The molecule has 1 aliphatic rings. The van der Waals surface area contributed by atoms with Gasteiger partial charge < -0.3 is 9.64 Å². The van der Waals surface area contributed by atoms with Crippen molar-refractivity contribution in [2.75, 3.05) is 20.7 Å². The van der Waals surface area contributed by atoms with E-state index in [2.05, 4.69) is 63.3 Å². The standard InChI is InChI=1S/C7H9I2NO/c1-10-3-5(8)7(11-2)6(9)4-10/h3H,4H2,1-2H3. The summed E-state index contributed by atoms with van der Waals surface area (Å²) in [6.07, 6.45) is 2.08. The molecule has 1 rings (SSSR count). The second-order valence-electron chi connectivity index (χ2n) is 2.33. The minimum atomic E-state index is 0.955. The molecule has 0 aliphatic carbocycles. The summed E-state index contributed by atoms with van der Waals surface area (Å²) >= 11 is 4.60. The second-order valence-corrected chi connectivity index (χ2v) is 4.79. The summed E-state index contributed by atoms with van der Waals surface area (Å²) in [5, 5.41) is 0. The third-order valence-electron chi connectivity index (χ3n) is 1.39. The maximum Gasteiger partial charge on any atom is 0.144 e. The van der Waals surface area contributed by atoms with Crippen molar-refractivity contribution in [3.63, 3.8) is 0 Å². The van der Waals surface area contributed by atoms with Gasteiger partial charge in [0.05, 0.1) is 20.8 Å². The van der Waals surface area contributed by atoms with Crippen molar-refractivity contribution in [1.29, 1.82) is 0 Å². The van der Waals surface area contributed by atoms with E-state index in [1.165, 1.54) is 7.16 Å². The van der Waals surface area contributed by atoms with Crippen LogP contribution < -0.4 is 0 Å². The number of likely N-dealkylation sites (N-methyl/N-ethyl adjacent to an activating group) is 1. The molecule has 0 saturated heterocycles. The van der Waals surface area contributed by atoms with E-state index in [4.69, 9.17) is 4.74 Å². The van der Waals surface area contributed by atoms with Crippen LogP contribution in [0.3, 0.4) is 0 Å². The van der Waals surface area contributed by atoms with Gasteiger partial charge in [0.15, 0.2) is 0 Å². The van der Waals surface area contributed by atoms with E-state index in [0.717, 1.165) is 12.3 Å². The summed E-state index contributed by atoms with van der Waals surface area (Å²) in [7, 11) is 3.77. The molecule has 0 fully saturated rings. The Labute approximate surface area is 93.9 Å². The van der Waals surface area contributed by atoms with Crippen LogP contribution in [-0.4, -0.2) is 25.6 Å². The lowest BCUT2D eigenvalue weighted by Gasteiger charge is -2.22. The monoisotopic (exact) mass is 377 g/mol. The van der Waals surface area contributed by atoms with Gasteiger partial charge in [-0.1, -0.05) is 0 Å². The third-order valence-corrected chi connectivity index (χ3v) is 2.99. The molecule has 0 atom stereocenters. The average Bonchev–Trinajstić information content (AvgIpc) is 1.85. The zero-order valence-electron chi connectivity index (χ0n) is 6.40. The van der Waals surface area contributed by atoms with Gasteiger partial charge in [0.1, 0.15) is 5.76 Å². The molecule has 0 amide bonds. The largest absolute Gasteiger partial charge is 0.495 e. The molecule has 0 radical (unpaired) electrons. The summed E-state index contributed by atoms with van der Waals surface area (Å²) < 4.78 is 7.67. The van der Waals surface area contributed by atoms with Crippen molar-refractivity contribution in [3.05, 3.63) is 19.1 Å². The number of rotatable bonds is 1. The van der Waals surface area contributed by atoms with E-state index in [-0.39, 0.29) is 0 Å². The van der Waals surface area contributed by atoms with Crippen LogP contribution in [0.15, 0.2) is 19.1 Å². The quantitative estimate of drug-likeness (QED) is 0.652. The number of allylic oxidation sites excluding steroid dienone is 1. The van der Waals surface area contributed by atoms with Crippen molar-refractivity contribution in [1.82, 2.24) is 4.90 Å². The fourth-order valence-corrected chi connectivity index (χ4v) is 3.51. The number of nitrogens with zero attached hydrogens (tertiary/aromatic N) is 1. The first-order valence-corrected chi connectivity index (χ1v) is 5.31. The molecule has 0 unspecified atom stereocenters. The van der Waals surface area contributed by atoms with Gasteiger partial charge >= 0.3 is 0 Å². The molecule has 0 aromatic carbocycles. The van der Waals surface area contributed by atoms with Crippen LogP contribution in [0.4, 0.5) is 0 Å². The van der Waals surface area contributed by atoms with Crippen LogP contribution in [0.2, 0.25) is 0 Å². The van der Waals surface area contributed by atoms with Crippen LogP contribution in [0.1, 0.15) is 0 Å². The SMILES string of the molecule is COC1=C(I)CN(C)C=C1I. The zero-order valence-corrected chi connectivity index (χ0v) is 10.7. The second kappa shape index (κ2) is 3.97. The highest BCUT2D eigenvalue weighted by atomic mass is 127. The molecule has 0 saturated carbocycles. The number of hydrogen-bond acceptors (Lipinski definition) is 2. The molecular formula is C7H9I2NO. The highest BCUT2D eigenvalue weighted by molar-refractivity contribution is 14.1. The number of methoxy groups -OCH3 is 1. The Hall–Kier alpha value is 0.540. The number of ether oxygens (including phenoxy) is 1. The highest BCUT2D eigenvalue weighted by Crippen LogP contribution is 2.29. The Balaban J connectivity index is 2.90. The normalized spacial score (nSPS) is 18.5. The Bertz CT molecular complexity index is 222. The van der Waals surface area contributed by atoms with Gasteiger partial charge in [0.25, 0.3) is 0 Å². The van der Waals surface area contributed by atoms with Gasteiger partial charge in [-0.25, -0.2) is 0 Å². The van der Waals surface area contributed by atoms with Crippen molar-refractivity contribution in [2.45, 2.75) is 0 Å². The van der Waals surface area contributed by atoms with Crippen molar-refractivity contribution in [2.24, 2.45) is 0 Å². The minimum absolute atomic E-state index is 0.955. The first-order chi connectivity index (χ1) is 5.15. The van der Waals surface area contributed by atoms with Crippen LogP contribution >= 0.6 is 45.2 Å². The van der Waals surface area contributed by atoms with E-state index in [1.54, 1.807) is 7.11 Å². The zero-order chi connectivity index (χ0) is 8.43. The molecule has 0 N–H and O–H groups in total. The van der Waals surface area contributed by atoms with Crippen molar-refractivity contribution in [3.8, 4) is 0 Å². The summed E-state index contributed by atoms with van der Waals surface area (Å²) in [6, 6.07) is 0. The molecule has 0 aromatic heterocycles. The van der Waals surface area contributed by atoms with Gasteiger partial charge in [0, 0.05) is 13.2 Å². The molecule has 0 bridgehead atoms. The lowest BCUT2D eigenvalue weighted by atomic mass is 10.3. The van der Waals surface area contributed by atoms with E-state index in [1.807, 2.05) is 0 Å². The first kappa shape index (κ1) is 9.63. The molecule has 0 spiro atoms. The number of hydrogen-bond donors (Lipinski definition) is 0. The lowest BCUT2D eigenvalue weighted by molar-refractivity contribution is 0.295. The molecule has 4 heteroatoms. The average molecular weight is 377 g/mol. The Morgan fingerprint density at radius 3 is 2.64 bits per heavy atom. The maximum absolute atomic E-state index is 5.23. The van der Waals surface area contributed by atoms with Gasteiger partial charge in [-0.2, -0.15) is 0 Å². The van der Waals surface area contributed by atoms with Gasteiger partial charge in [0.2, 0.25) is 0 Å².